The molecule has 0 spiro atoms. The quantitative estimate of drug-likeness (QED) is 0.617. The fourth-order valence-electron chi connectivity index (χ4n) is 1.69. The first-order valence-corrected chi connectivity index (χ1v) is 6.89. The SMILES string of the molecule is COc1cc(C)nc(CSc2ccc(C=O)cc2)c1. The van der Waals surface area contributed by atoms with Crippen molar-refractivity contribution < 1.29 is 9.53 Å². The minimum Gasteiger partial charge on any atom is -0.497 e. The van der Waals surface area contributed by atoms with E-state index in [1.807, 2.05) is 43.3 Å². The van der Waals surface area contributed by atoms with Gasteiger partial charge < -0.3 is 4.74 Å². The second kappa shape index (κ2) is 6.38. The number of carbonyl (C=O) groups is 1. The average molecular weight is 273 g/mol. The van der Waals surface area contributed by atoms with Gasteiger partial charge in [0.1, 0.15) is 12.0 Å². The van der Waals surface area contributed by atoms with E-state index >= 15 is 0 Å². The van der Waals surface area contributed by atoms with Crippen molar-refractivity contribution in [1.29, 1.82) is 0 Å². The molecule has 3 nitrogen and oxygen atoms in total. The van der Waals surface area contributed by atoms with Crippen LogP contribution in [0.5, 0.6) is 5.75 Å². The van der Waals surface area contributed by atoms with E-state index in [0.717, 1.165) is 34.1 Å². The number of pyridine rings is 1. The number of carbonyl (C=O) groups excluding carboxylic acids is 1. The molecule has 0 fully saturated rings. The summed E-state index contributed by atoms with van der Waals surface area (Å²) in [4.78, 5) is 16.2. The minimum absolute atomic E-state index is 0.694. The lowest BCUT2D eigenvalue weighted by molar-refractivity contribution is 0.112. The normalized spacial score (nSPS) is 10.2. The molecule has 0 unspecified atom stereocenters. The number of methoxy groups -OCH3 is 1. The molecule has 0 radical (unpaired) electrons. The van der Waals surface area contributed by atoms with Crippen LogP contribution in [0, 0.1) is 6.92 Å². The molecule has 0 N–H and O–H groups in total. The van der Waals surface area contributed by atoms with Crippen LogP contribution in [0.2, 0.25) is 0 Å². The molecule has 2 aromatic rings. The number of benzene rings is 1. The summed E-state index contributed by atoms with van der Waals surface area (Å²) in [7, 11) is 1.66. The van der Waals surface area contributed by atoms with Gasteiger partial charge in [0.05, 0.1) is 12.8 Å². The first-order chi connectivity index (χ1) is 9.21. The Morgan fingerprint density at radius 1 is 1.26 bits per heavy atom. The van der Waals surface area contributed by atoms with E-state index in [-0.39, 0.29) is 0 Å². The zero-order valence-electron chi connectivity index (χ0n) is 10.9. The summed E-state index contributed by atoms with van der Waals surface area (Å²) in [5, 5.41) is 0. The minimum atomic E-state index is 0.694. The third-order valence-electron chi connectivity index (χ3n) is 2.62. The Morgan fingerprint density at radius 2 is 2.00 bits per heavy atom. The van der Waals surface area contributed by atoms with Crippen molar-refractivity contribution in [3.05, 3.63) is 53.3 Å². The number of hydrogen-bond donors (Lipinski definition) is 0. The first kappa shape index (κ1) is 13.6. The Hall–Kier alpha value is -1.81. The zero-order valence-corrected chi connectivity index (χ0v) is 11.7. The highest BCUT2D eigenvalue weighted by molar-refractivity contribution is 7.98. The van der Waals surface area contributed by atoms with E-state index in [0.29, 0.717) is 5.56 Å². The molecule has 0 saturated carbocycles. The molecule has 0 aliphatic rings. The van der Waals surface area contributed by atoms with Crippen molar-refractivity contribution in [1.82, 2.24) is 4.98 Å². The van der Waals surface area contributed by atoms with Gasteiger partial charge in [0.25, 0.3) is 0 Å². The van der Waals surface area contributed by atoms with Gasteiger partial charge in [-0.25, -0.2) is 0 Å². The van der Waals surface area contributed by atoms with Crippen LogP contribution >= 0.6 is 11.8 Å². The summed E-state index contributed by atoms with van der Waals surface area (Å²) in [6.07, 6.45) is 0.849. The highest BCUT2D eigenvalue weighted by Gasteiger charge is 2.02. The monoisotopic (exact) mass is 273 g/mol. The molecule has 0 saturated heterocycles. The first-order valence-electron chi connectivity index (χ1n) is 5.91. The zero-order chi connectivity index (χ0) is 13.7. The largest absolute Gasteiger partial charge is 0.497 e. The number of aldehydes is 1. The van der Waals surface area contributed by atoms with Gasteiger partial charge in [-0.2, -0.15) is 0 Å². The van der Waals surface area contributed by atoms with Gasteiger partial charge in [0.15, 0.2) is 0 Å². The molecule has 98 valence electrons. The van der Waals surface area contributed by atoms with Crippen molar-refractivity contribution >= 4 is 18.0 Å². The molecule has 1 aromatic carbocycles. The average Bonchev–Trinajstić information content (AvgIpc) is 2.45. The van der Waals surface area contributed by atoms with Gasteiger partial charge in [-0.15, -0.1) is 11.8 Å². The maximum absolute atomic E-state index is 10.6. The maximum Gasteiger partial charge on any atom is 0.150 e. The van der Waals surface area contributed by atoms with Crippen LogP contribution in [0.1, 0.15) is 21.7 Å². The summed E-state index contributed by atoms with van der Waals surface area (Å²) in [5.74, 6) is 1.61. The molecule has 1 heterocycles. The molecular formula is C15H15NO2S. The Morgan fingerprint density at radius 3 is 2.63 bits per heavy atom. The lowest BCUT2D eigenvalue weighted by atomic mass is 10.2. The van der Waals surface area contributed by atoms with Crippen molar-refractivity contribution in [3.63, 3.8) is 0 Å². The Labute approximate surface area is 117 Å². The number of hydrogen-bond acceptors (Lipinski definition) is 4. The number of thioether (sulfide) groups is 1. The van der Waals surface area contributed by atoms with E-state index < -0.39 is 0 Å². The topological polar surface area (TPSA) is 39.2 Å². The lowest BCUT2D eigenvalue weighted by Crippen LogP contribution is -1.93. The van der Waals surface area contributed by atoms with E-state index in [1.165, 1.54) is 0 Å². The Bertz CT molecular complexity index is 567. The summed E-state index contributed by atoms with van der Waals surface area (Å²) in [5.41, 5.74) is 2.63. The predicted molar refractivity (Wildman–Crippen MR) is 76.9 cm³/mol. The third-order valence-corrected chi connectivity index (χ3v) is 3.66. The number of rotatable bonds is 5. The van der Waals surface area contributed by atoms with Gasteiger partial charge in [0, 0.05) is 34.0 Å². The van der Waals surface area contributed by atoms with Crippen LogP contribution in [0.25, 0.3) is 0 Å². The number of nitrogens with zero attached hydrogens (tertiary/aromatic N) is 1. The predicted octanol–water partition coefficient (Wildman–Crippen LogP) is 3.50. The fourth-order valence-corrected chi connectivity index (χ4v) is 2.49. The Balaban J connectivity index is 2.05. The summed E-state index contributed by atoms with van der Waals surface area (Å²) < 4.78 is 5.23. The second-order valence-electron chi connectivity index (χ2n) is 4.12. The molecule has 0 atom stereocenters. The molecule has 1 aromatic heterocycles. The standard InChI is InChI=1S/C15H15NO2S/c1-11-7-14(18-2)8-13(16-11)10-19-15-5-3-12(9-17)4-6-15/h3-9H,10H2,1-2H3. The highest BCUT2D eigenvalue weighted by atomic mass is 32.2. The van der Waals surface area contributed by atoms with Gasteiger partial charge in [-0.3, -0.25) is 9.78 Å². The molecule has 4 heteroatoms. The van der Waals surface area contributed by atoms with E-state index in [2.05, 4.69) is 4.98 Å². The van der Waals surface area contributed by atoms with E-state index in [1.54, 1.807) is 18.9 Å². The van der Waals surface area contributed by atoms with Crippen molar-refractivity contribution in [3.8, 4) is 5.75 Å². The van der Waals surface area contributed by atoms with Crippen molar-refractivity contribution in [2.75, 3.05) is 7.11 Å². The number of aryl methyl sites for hydroxylation is 1. The van der Waals surface area contributed by atoms with Gasteiger partial charge in [0.2, 0.25) is 0 Å². The van der Waals surface area contributed by atoms with Crippen LogP contribution < -0.4 is 4.74 Å². The molecule has 0 amide bonds. The fraction of sp³-hybridized carbons (Fsp3) is 0.200. The third kappa shape index (κ3) is 3.83. The summed E-state index contributed by atoms with van der Waals surface area (Å²) in [6.45, 7) is 1.95. The molecule has 0 aliphatic heterocycles. The van der Waals surface area contributed by atoms with E-state index in [4.69, 9.17) is 4.74 Å². The second-order valence-corrected chi connectivity index (χ2v) is 5.16. The van der Waals surface area contributed by atoms with Crippen LogP contribution in [0.3, 0.4) is 0 Å². The number of aromatic nitrogens is 1. The molecule has 0 bridgehead atoms. The van der Waals surface area contributed by atoms with Gasteiger partial charge in [-0.1, -0.05) is 12.1 Å². The van der Waals surface area contributed by atoms with Gasteiger partial charge in [-0.05, 0) is 19.1 Å². The van der Waals surface area contributed by atoms with Crippen LogP contribution in [0.4, 0.5) is 0 Å². The number of ether oxygens (including phenoxy) is 1. The molecule has 2 rings (SSSR count). The van der Waals surface area contributed by atoms with Gasteiger partial charge >= 0.3 is 0 Å². The van der Waals surface area contributed by atoms with Crippen LogP contribution in [-0.4, -0.2) is 18.4 Å². The Kier molecular flexibility index (Phi) is 4.58. The molecule has 0 aliphatic carbocycles. The van der Waals surface area contributed by atoms with Crippen molar-refractivity contribution in [2.45, 2.75) is 17.6 Å². The molecular weight excluding hydrogens is 258 g/mol. The summed E-state index contributed by atoms with van der Waals surface area (Å²) >= 11 is 1.69. The van der Waals surface area contributed by atoms with Crippen LogP contribution in [-0.2, 0) is 5.75 Å². The molecule has 19 heavy (non-hydrogen) atoms. The highest BCUT2D eigenvalue weighted by Crippen LogP contribution is 2.24. The maximum atomic E-state index is 10.6. The lowest BCUT2D eigenvalue weighted by Gasteiger charge is -2.06. The van der Waals surface area contributed by atoms with Crippen LogP contribution in [0.15, 0.2) is 41.3 Å². The van der Waals surface area contributed by atoms with E-state index in [9.17, 15) is 4.79 Å². The smallest absolute Gasteiger partial charge is 0.150 e. The van der Waals surface area contributed by atoms with Crippen molar-refractivity contribution in [2.24, 2.45) is 0 Å². The summed E-state index contributed by atoms with van der Waals surface area (Å²) in [6, 6.07) is 11.4.